The number of nitrogens with one attached hydrogen (secondary N) is 2. The van der Waals surface area contributed by atoms with E-state index in [1.54, 1.807) is 25.7 Å². The Hall–Kier alpha value is -1.84. The van der Waals surface area contributed by atoms with E-state index in [-0.39, 0.29) is 28.9 Å². The topological polar surface area (TPSA) is 122 Å². The van der Waals surface area contributed by atoms with Gasteiger partial charge in [0.15, 0.2) is 9.84 Å². The maximum absolute atomic E-state index is 13.8. The lowest BCUT2D eigenvalue weighted by Gasteiger charge is -2.41. The molecule has 0 aromatic carbocycles. The fraction of sp³-hybridized carbons (Fsp3) is 0.889. The van der Waals surface area contributed by atoms with Gasteiger partial charge in [0.05, 0.1) is 23.1 Å². The summed E-state index contributed by atoms with van der Waals surface area (Å²) < 4.78 is 30.3. The van der Waals surface area contributed by atoms with Crippen molar-refractivity contribution in [1.82, 2.24) is 15.5 Å². The van der Waals surface area contributed by atoms with Crippen molar-refractivity contribution in [2.24, 2.45) is 22.7 Å². The van der Waals surface area contributed by atoms with E-state index < -0.39 is 49.6 Å². The highest BCUT2D eigenvalue weighted by Crippen LogP contribution is 2.65. The Morgan fingerprint density at radius 1 is 1.03 bits per heavy atom. The number of piperidine rings is 1. The van der Waals surface area contributed by atoms with Gasteiger partial charge in [-0.3, -0.25) is 4.79 Å². The van der Waals surface area contributed by atoms with Crippen molar-refractivity contribution >= 4 is 27.7 Å². The van der Waals surface area contributed by atoms with Crippen LogP contribution in [-0.4, -0.2) is 73.0 Å². The number of urea groups is 1. The lowest BCUT2D eigenvalue weighted by atomic mass is 9.83. The van der Waals surface area contributed by atoms with Crippen LogP contribution in [0.3, 0.4) is 0 Å². The molecule has 3 amide bonds. The van der Waals surface area contributed by atoms with Gasteiger partial charge in [0.25, 0.3) is 0 Å². The largest absolute Gasteiger partial charge is 0.467 e. The minimum absolute atomic E-state index is 0.0338. The predicted molar refractivity (Wildman–Crippen MR) is 143 cm³/mol. The van der Waals surface area contributed by atoms with Gasteiger partial charge in [0, 0.05) is 12.5 Å². The maximum atomic E-state index is 13.8. The summed E-state index contributed by atoms with van der Waals surface area (Å²) in [5.41, 5.74) is -1.56. The number of carbonyl (C=O) groups excluding carboxylic acids is 3. The third-order valence-electron chi connectivity index (χ3n) is 8.91. The Morgan fingerprint density at radius 2 is 1.59 bits per heavy atom. The molecule has 0 aromatic heterocycles. The number of sulfone groups is 1. The first-order chi connectivity index (χ1) is 16.8. The fourth-order valence-corrected chi connectivity index (χ4v) is 7.76. The molecular formula is C27H47N3O6S. The molecule has 0 radical (unpaired) electrons. The summed E-state index contributed by atoms with van der Waals surface area (Å²) in [6.07, 6.45) is 3.79. The van der Waals surface area contributed by atoms with Crippen LogP contribution in [0.25, 0.3) is 0 Å². The number of fused-ring (bicyclic) bond motifs is 1. The Kier molecular flexibility index (Phi) is 7.81. The molecule has 212 valence electrons. The first kappa shape index (κ1) is 29.7. The second kappa shape index (κ2) is 9.72. The van der Waals surface area contributed by atoms with E-state index in [0.29, 0.717) is 19.4 Å². The molecule has 9 nitrogen and oxygen atoms in total. The molecule has 10 heteroatoms. The van der Waals surface area contributed by atoms with Crippen LogP contribution >= 0.6 is 0 Å². The second-order valence-electron chi connectivity index (χ2n) is 14.0. The van der Waals surface area contributed by atoms with Crippen LogP contribution in [0.4, 0.5) is 4.79 Å². The van der Waals surface area contributed by atoms with Gasteiger partial charge in [-0.2, -0.15) is 0 Å². The molecule has 0 spiro atoms. The van der Waals surface area contributed by atoms with E-state index in [1.807, 2.05) is 20.8 Å². The molecule has 37 heavy (non-hydrogen) atoms. The number of nitrogens with zero attached hydrogens (tertiary/aromatic N) is 1. The number of esters is 1. The molecule has 0 aromatic rings. The van der Waals surface area contributed by atoms with Crippen molar-refractivity contribution in [1.29, 1.82) is 0 Å². The van der Waals surface area contributed by atoms with Crippen LogP contribution in [-0.2, 0) is 24.2 Å². The highest BCUT2D eigenvalue weighted by Gasteiger charge is 2.70. The van der Waals surface area contributed by atoms with E-state index in [9.17, 15) is 22.8 Å². The zero-order valence-electron chi connectivity index (χ0n) is 24.1. The van der Waals surface area contributed by atoms with E-state index in [2.05, 4.69) is 24.5 Å². The van der Waals surface area contributed by atoms with Crippen LogP contribution in [0.1, 0.15) is 87.5 Å². The first-order valence-corrected chi connectivity index (χ1v) is 15.1. The smallest absolute Gasteiger partial charge is 0.328 e. The van der Waals surface area contributed by atoms with Gasteiger partial charge in [0.2, 0.25) is 5.91 Å². The van der Waals surface area contributed by atoms with Crippen LogP contribution in [0.15, 0.2) is 0 Å². The lowest BCUT2D eigenvalue weighted by Crippen LogP contribution is -2.63. The van der Waals surface area contributed by atoms with E-state index in [4.69, 9.17) is 4.74 Å². The summed E-state index contributed by atoms with van der Waals surface area (Å²) in [6, 6.07) is -2.13. The number of methoxy groups -OCH3 is 1. The van der Waals surface area contributed by atoms with Gasteiger partial charge in [-0.1, -0.05) is 53.9 Å². The third kappa shape index (κ3) is 5.78. The summed E-state index contributed by atoms with van der Waals surface area (Å²) >= 11 is 0. The van der Waals surface area contributed by atoms with Crippen LogP contribution < -0.4 is 10.6 Å². The maximum Gasteiger partial charge on any atom is 0.328 e. The molecule has 1 heterocycles. The predicted octanol–water partition coefficient (Wildman–Crippen LogP) is 3.27. The number of amides is 3. The number of carbonyl (C=O) groups is 3. The highest BCUT2D eigenvalue weighted by molar-refractivity contribution is 7.92. The molecule has 2 saturated carbocycles. The number of ether oxygens (including phenoxy) is 1. The highest BCUT2D eigenvalue weighted by atomic mass is 32.2. The summed E-state index contributed by atoms with van der Waals surface area (Å²) in [5.74, 6) is -0.646. The Bertz CT molecular complexity index is 1020. The van der Waals surface area contributed by atoms with Gasteiger partial charge in [-0.25, -0.2) is 18.0 Å². The van der Waals surface area contributed by atoms with E-state index >= 15 is 0 Å². The molecule has 0 unspecified atom stereocenters. The number of rotatable bonds is 6. The third-order valence-corrected chi connectivity index (χ3v) is 11.7. The summed E-state index contributed by atoms with van der Waals surface area (Å²) in [6.45, 7) is 15.3. The minimum Gasteiger partial charge on any atom is -0.467 e. The molecule has 3 aliphatic rings. The zero-order chi connectivity index (χ0) is 28.2. The Balaban J connectivity index is 1.81. The molecule has 3 fully saturated rings. The normalized spacial score (nSPS) is 27.6. The standard InChI is InChI=1S/C27H47N3O6S/c1-24(2,3)20(21(31)30-15-17-18(26(17,7)8)19(30)22(32)36-9)28-23(33)29-27(13-11-10-12-14-27)16-37(34,35)25(4,5)6/h17-20H,10-16H2,1-9H3,(H2,28,29,33)/t17-,18-,19-,20+/m0/s1. The van der Waals surface area contributed by atoms with Gasteiger partial charge in [0.1, 0.15) is 12.1 Å². The molecular weight excluding hydrogens is 494 g/mol. The average molecular weight is 542 g/mol. The van der Waals surface area contributed by atoms with Crippen molar-refractivity contribution in [3.63, 3.8) is 0 Å². The number of likely N-dealkylation sites (tertiary alicyclic amines) is 1. The van der Waals surface area contributed by atoms with Gasteiger partial charge in [-0.05, 0) is 50.4 Å². The molecule has 2 N–H and O–H groups in total. The quantitative estimate of drug-likeness (QED) is 0.498. The summed E-state index contributed by atoms with van der Waals surface area (Å²) in [5, 5.41) is 5.86. The molecule has 4 atom stereocenters. The Morgan fingerprint density at radius 3 is 2.08 bits per heavy atom. The van der Waals surface area contributed by atoms with Crippen molar-refractivity contribution in [3.8, 4) is 0 Å². The molecule has 3 rings (SSSR count). The Labute approximate surface area is 222 Å². The van der Waals surface area contributed by atoms with Crippen molar-refractivity contribution in [2.75, 3.05) is 19.4 Å². The average Bonchev–Trinajstić information content (AvgIpc) is 3.08. The SMILES string of the molecule is COC(=O)[C@@H]1[C@@H]2[C@H](CN1C(=O)[C@@H](NC(=O)NC1(CS(=O)(=O)C(C)(C)C)CCCCC1)C(C)(C)C)C2(C)C. The minimum atomic E-state index is -3.49. The van der Waals surface area contributed by atoms with Gasteiger partial charge < -0.3 is 20.3 Å². The van der Waals surface area contributed by atoms with E-state index in [0.717, 1.165) is 19.3 Å². The number of hydrogen-bond acceptors (Lipinski definition) is 6. The van der Waals surface area contributed by atoms with Crippen LogP contribution in [0, 0.1) is 22.7 Å². The van der Waals surface area contributed by atoms with Crippen LogP contribution in [0.2, 0.25) is 0 Å². The number of hydrogen-bond donors (Lipinski definition) is 2. The molecule has 1 saturated heterocycles. The monoisotopic (exact) mass is 541 g/mol. The van der Waals surface area contributed by atoms with E-state index in [1.165, 1.54) is 7.11 Å². The van der Waals surface area contributed by atoms with Gasteiger partial charge in [-0.15, -0.1) is 0 Å². The fourth-order valence-electron chi connectivity index (χ4n) is 6.24. The van der Waals surface area contributed by atoms with Gasteiger partial charge >= 0.3 is 12.0 Å². The van der Waals surface area contributed by atoms with Crippen LogP contribution in [0.5, 0.6) is 0 Å². The molecule has 1 aliphatic heterocycles. The lowest BCUT2D eigenvalue weighted by molar-refractivity contribution is -0.154. The zero-order valence-corrected chi connectivity index (χ0v) is 24.9. The first-order valence-electron chi connectivity index (χ1n) is 13.5. The molecule has 2 aliphatic carbocycles. The van der Waals surface area contributed by atoms with Crippen molar-refractivity contribution in [3.05, 3.63) is 0 Å². The summed E-state index contributed by atoms with van der Waals surface area (Å²) in [7, 11) is -2.16. The van der Waals surface area contributed by atoms with Crippen molar-refractivity contribution < 1.29 is 27.5 Å². The second-order valence-corrected chi connectivity index (χ2v) is 16.8. The van der Waals surface area contributed by atoms with Crippen molar-refractivity contribution in [2.45, 2.75) is 110 Å². The summed E-state index contributed by atoms with van der Waals surface area (Å²) in [4.78, 5) is 41.5. The molecule has 0 bridgehead atoms.